The summed E-state index contributed by atoms with van der Waals surface area (Å²) in [5.74, 6) is 0.269. The molecular weight excluding hydrogens is 216 g/mol. The number of rotatable bonds is 3. The van der Waals surface area contributed by atoms with Crippen LogP contribution >= 0.6 is 0 Å². The molecule has 0 amide bonds. The van der Waals surface area contributed by atoms with E-state index in [0.29, 0.717) is 6.61 Å². The molecule has 1 heterocycles. The third kappa shape index (κ3) is 2.68. The van der Waals surface area contributed by atoms with Crippen LogP contribution in [0.15, 0.2) is 12.4 Å². The zero-order valence-electron chi connectivity index (χ0n) is 10.6. The molecule has 1 saturated carbocycles. The van der Waals surface area contributed by atoms with Gasteiger partial charge in [0.15, 0.2) is 0 Å². The van der Waals surface area contributed by atoms with E-state index in [9.17, 15) is 4.79 Å². The fourth-order valence-electron chi connectivity index (χ4n) is 2.69. The van der Waals surface area contributed by atoms with E-state index in [4.69, 9.17) is 4.74 Å². The molecule has 94 valence electrons. The highest BCUT2D eigenvalue weighted by Crippen LogP contribution is 2.38. The van der Waals surface area contributed by atoms with Crippen molar-refractivity contribution in [3.63, 3.8) is 0 Å². The van der Waals surface area contributed by atoms with Crippen LogP contribution in [0.2, 0.25) is 0 Å². The molecule has 0 N–H and O–H groups in total. The molecule has 2 atom stereocenters. The smallest absolute Gasteiger partial charge is 0.309 e. The van der Waals surface area contributed by atoms with Crippen LogP contribution in [-0.4, -0.2) is 22.4 Å². The Morgan fingerprint density at radius 3 is 2.94 bits per heavy atom. The monoisotopic (exact) mass is 236 g/mol. The average molecular weight is 236 g/mol. The highest BCUT2D eigenvalue weighted by atomic mass is 16.5. The summed E-state index contributed by atoms with van der Waals surface area (Å²) in [7, 11) is 1.91. The summed E-state index contributed by atoms with van der Waals surface area (Å²) >= 11 is 0. The van der Waals surface area contributed by atoms with Crippen LogP contribution < -0.4 is 0 Å². The molecule has 4 heteroatoms. The number of hydrogen-bond acceptors (Lipinski definition) is 3. The lowest BCUT2D eigenvalue weighted by Crippen LogP contribution is -2.27. The van der Waals surface area contributed by atoms with Gasteiger partial charge in [-0.25, -0.2) is 0 Å². The van der Waals surface area contributed by atoms with Gasteiger partial charge >= 0.3 is 5.97 Å². The quantitative estimate of drug-likeness (QED) is 0.756. The second-order valence-electron chi connectivity index (χ2n) is 4.70. The lowest BCUT2D eigenvalue weighted by molar-refractivity contribution is -0.149. The van der Waals surface area contributed by atoms with Gasteiger partial charge in [-0.15, -0.1) is 0 Å². The number of aryl methyl sites for hydroxylation is 1. The van der Waals surface area contributed by atoms with Crippen molar-refractivity contribution in [2.24, 2.45) is 13.0 Å². The van der Waals surface area contributed by atoms with Gasteiger partial charge in [-0.05, 0) is 25.3 Å². The van der Waals surface area contributed by atoms with Crippen LogP contribution in [0.3, 0.4) is 0 Å². The van der Waals surface area contributed by atoms with Crippen molar-refractivity contribution in [3.05, 3.63) is 18.0 Å². The number of esters is 1. The SMILES string of the molecule is CCOC(=O)[C@H]1CCCC[C@@H]1c1cnn(C)c1. The third-order valence-electron chi connectivity index (χ3n) is 3.51. The van der Waals surface area contributed by atoms with Gasteiger partial charge in [-0.1, -0.05) is 12.8 Å². The molecule has 17 heavy (non-hydrogen) atoms. The van der Waals surface area contributed by atoms with Gasteiger partial charge in [0, 0.05) is 19.2 Å². The van der Waals surface area contributed by atoms with Crippen molar-refractivity contribution in [2.45, 2.75) is 38.5 Å². The summed E-state index contributed by atoms with van der Waals surface area (Å²) in [6.45, 7) is 2.33. The molecule has 1 fully saturated rings. The fraction of sp³-hybridized carbons (Fsp3) is 0.692. The van der Waals surface area contributed by atoms with E-state index < -0.39 is 0 Å². The van der Waals surface area contributed by atoms with Crippen LogP contribution in [0.4, 0.5) is 0 Å². The van der Waals surface area contributed by atoms with Crippen LogP contribution in [0.1, 0.15) is 44.1 Å². The molecule has 1 aliphatic rings. The van der Waals surface area contributed by atoms with Gasteiger partial charge in [-0.2, -0.15) is 5.10 Å². The third-order valence-corrected chi connectivity index (χ3v) is 3.51. The van der Waals surface area contributed by atoms with E-state index in [1.807, 2.05) is 26.4 Å². The van der Waals surface area contributed by atoms with E-state index in [-0.39, 0.29) is 17.8 Å². The second kappa shape index (κ2) is 5.34. The Hall–Kier alpha value is -1.32. The first kappa shape index (κ1) is 12.1. The fourth-order valence-corrected chi connectivity index (χ4v) is 2.69. The van der Waals surface area contributed by atoms with E-state index in [0.717, 1.165) is 19.3 Å². The van der Waals surface area contributed by atoms with Crippen LogP contribution in [-0.2, 0) is 16.6 Å². The van der Waals surface area contributed by atoms with Crippen LogP contribution in [0, 0.1) is 5.92 Å². The Balaban J connectivity index is 2.14. The second-order valence-corrected chi connectivity index (χ2v) is 4.70. The van der Waals surface area contributed by atoms with Gasteiger partial charge in [0.2, 0.25) is 0 Å². The highest BCUT2D eigenvalue weighted by molar-refractivity contribution is 5.73. The van der Waals surface area contributed by atoms with Crippen molar-refractivity contribution < 1.29 is 9.53 Å². The molecule has 0 aliphatic heterocycles. The van der Waals surface area contributed by atoms with Crippen molar-refractivity contribution in [3.8, 4) is 0 Å². The first-order valence-electron chi connectivity index (χ1n) is 6.37. The zero-order chi connectivity index (χ0) is 12.3. The summed E-state index contributed by atoms with van der Waals surface area (Å²) in [6, 6.07) is 0. The Labute approximate surface area is 102 Å². The van der Waals surface area contributed by atoms with Gasteiger partial charge in [0.1, 0.15) is 0 Å². The lowest BCUT2D eigenvalue weighted by atomic mass is 9.76. The Kier molecular flexibility index (Phi) is 3.82. The number of carbonyl (C=O) groups excluding carboxylic acids is 1. The first-order valence-corrected chi connectivity index (χ1v) is 6.37. The maximum absolute atomic E-state index is 11.9. The lowest BCUT2D eigenvalue weighted by Gasteiger charge is -2.29. The number of nitrogens with zero attached hydrogens (tertiary/aromatic N) is 2. The number of aromatic nitrogens is 2. The normalized spacial score (nSPS) is 24.6. The Morgan fingerprint density at radius 2 is 2.29 bits per heavy atom. The van der Waals surface area contributed by atoms with Gasteiger partial charge in [-0.3, -0.25) is 9.48 Å². The molecular formula is C13H20N2O2. The molecule has 4 nitrogen and oxygen atoms in total. The first-order chi connectivity index (χ1) is 8.22. The molecule has 0 unspecified atom stereocenters. The maximum atomic E-state index is 11.9. The number of carbonyl (C=O) groups is 1. The topological polar surface area (TPSA) is 44.1 Å². The average Bonchev–Trinajstić information content (AvgIpc) is 2.76. The van der Waals surface area contributed by atoms with Crippen molar-refractivity contribution in [2.75, 3.05) is 6.61 Å². The minimum absolute atomic E-state index is 0.0212. The summed E-state index contributed by atoms with van der Waals surface area (Å²) in [6.07, 6.45) is 8.22. The van der Waals surface area contributed by atoms with Crippen LogP contribution in [0.5, 0.6) is 0 Å². The molecule has 1 aromatic heterocycles. The minimum atomic E-state index is -0.0407. The Morgan fingerprint density at radius 1 is 1.53 bits per heavy atom. The molecule has 2 rings (SSSR count). The molecule has 0 saturated heterocycles. The van der Waals surface area contributed by atoms with Gasteiger partial charge in [0.25, 0.3) is 0 Å². The highest BCUT2D eigenvalue weighted by Gasteiger charge is 2.33. The molecule has 0 bridgehead atoms. The predicted octanol–water partition coefficient (Wildman–Crippen LogP) is 2.26. The van der Waals surface area contributed by atoms with E-state index in [1.165, 1.54) is 12.0 Å². The molecule has 0 spiro atoms. The largest absolute Gasteiger partial charge is 0.466 e. The molecule has 1 aromatic rings. The minimum Gasteiger partial charge on any atom is -0.466 e. The standard InChI is InChI=1S/C13H20N2O2/c1-3-17-13(16)12-7-5-4-6-11(12)10-8-14-15(2)9-10/h8-9,11-12H,3-7H2,1-2H3/t11-,12+/m1/s1. The predicted molar refractivity (Wildman–Crippen MR) is 64.5 cm³/mol. The van der Waals surface area contributed by atoms with E-state index in [1.54, 1.807) is 4.68 Å². The molecule has 1 aliphatic carbocycles. The number of hydrogen-bond donors (Lipinski definition) is 0. The summed E-state index contributed by atoms with van der Waals surface area (Å²) in [4.78, 5) is 11.9. The van der Waals surface area contributed by atoms with Crippen LogP contribution in [0.25, 0.3) is 0 Å². The Bertz CT molecular complexity index is 387. The van der Waals surface area contributed by atoms with Crippen molar-refractivity contribution in [1.29, 1.82) is 0 Å². The van der Waals surface area contributed by atoms with Crippen molar-refractivity contribution >= 4 is 5.97 Å². The molecule has 0 radical (unpaired) electrons. The van der Waals surface area contributed by atoms with E-state index in [2.05, 4.69) is 5.10 Å². The maximum Gasteiger partial charge on any atom is 0.309 e. The molecule has 0 aromatic carbocycles. The number of ether oxygens (including phenoxy) is 1. The van der Waals surface area contributed by atoms with Gasteiger partial charge in [0.05, 0.1) is 18.7 Å². The van der Waals surface area contributed by atoms with E-state index >= 15 is 0 Å². The zero-order valence-corrected chi connectivity index (χ0v) is 10.6. The van der Waals surface area contributed by atoms with Gasteiger partial charge < -0.3 is 4.74 Å². The summed E-state index contributed by atoms with van der Waals surface area (Å²) in [5, 5.41) is 4.20. The van der Waals surface area contributed by atoms with Crippen molar-refractivity contribution in [1.82, 2.24) is 9.78 Å². The summed E-state index contributed by atoms with van der Waals surface area (Å²) in [5.41, 5.74) is 1.17. The summed E-state index contributed by atoms with van der Waals surface area (Å²) < 4.78 is 6.97.